The molecular weight excluding hydrogens is 186 g/mol. The number of carbonyl (C=O) groups is 1. The monoisotopic (exact) mass is 205 g/mol. The van der Waals surface area contributed by atoms with Gasteiger partial charge in [-0.05, 0) is 6.42 Å². The molecule has 0 aliphatic rings. The third kappa shape index (κ3) is 3.84. The minimum Gasteiger partial charge on any atom is -0.321 e. The standard InChI is InChI=1S/C13H19NO/c1-2-3-5-10-12(14)13(15)11-8-6-4-7-9-11/h4,6-9,12H,2-3,5,10,14H2,1H3/t12-/m0/s1. The van der Waals surface area contributed by atoms with Gasteiger partial charge in [-0.2, -0.15) is 0 Å². The minimum atomic E-state index is -0.334. The summed E-state index contributed by atoms with van der Waals surface area (Å²) in [5.41, 5.74) is 6.56. The van der Waals surface area contributed by atoms with Crippen molar-refractivity contribution in [2.75, 3.05) is 0 Å². The Bertz CT molecular complexity index is 295. The van der Waals surface area contributed by atoms with Gasteiger partial charge >= 0.3 is 0 Å². The highest BCUT2D eigenvalue weighted by Gasteiger charge is 2.14. The summed E-state index contributed by atoms with van der Waals surface area (Å²) in [6, 6.07) is 8.94. The maximum absolute atomic E-state index is 11.8. The van der Waals surface area contributed by atoms with E-state index in [4.69, 9.17) is 5.73 Å². The molecule has 0 radical (unpaired) electrons. The molecule has 0 fully saturated rings. The Morgan fingerprint density at radius 1 is 1.27 bits per heavy atom. The molecule has 0 aliphatic carbocycles. The molecule has 0 saturated carbocycles. The van der Waals surface area contributed by atoms with Crippen LogP contribution in [0.5, 0.6) is 0 Å². The van der Waals surface area contributed by atoms with E-state index in [-0.39, 0.29) is 11.8 Å². The molecule has 82 valence electrons. The third-order valence-electron chi connectivity index (χ3n) is 2.51. The number of hydrogen-bond acceptors (Lipinski definition) is 2. The molecule has 0 bridgehead atoms. The number of nitrogens with two attached hydrogens (primary N) is 1. The average molecular weight is 205 g/mol. The second-order valence-corrected chi connectivity index (χ2v) is 3.83. The quantitative estimate of drug-likeness (QED) is 0.573. The van der Waals surface area contributed by atoms with E-state index in [1.807, 2.05) is 30.3 Å². The molecule has 1 aromatic rings. The Balaban J connectivity index is 2.46. The third-order valence-corrected chi connectivity index (χ3v) is 2.51. The predicted octanol–water partition coefficient (Wildman–Crippen LogP) is 2.78. The molecule has 0 unspecified atom stereocenters. The van der Waals surface area contributed by atoms with E-state index >= 15 is 0 Å². The number of unbranched alkanes of at least 4 members (excludes halogenated alkanes) is 2. The van der Waals surface area contributed by atoms with Gasteiger partial charge in [0.1, 0.15) is 0 Å². The van der Waals surface area contributed by atoms with E-state index in [0.717, 1.165) is 31.2 Å². The van der Waals surface area contributed by atoms with Gasteiger partial charge in [0.25, 0.3) is 0 Å². The Kier molecular flexibility index (Phi) is 5.05. The van der Waals surface area contributed by atoms with Crippen LogP contribution in [0.15, 0.2) is 30.3 Å². The molecule has 1 aromatic carbocycles. The fourth-order valence-electron chi connectivity index (χ4n) is 1.56. The number of benzene rings is 1. The Morgan fingerprint density at radius 3 is 2.53 bits per heavy atom. The lowest BCUT2D eigenvalue weighted by molar-refractivity contribution is 0.0956. The molecule has 0 saturated heterocycles. The van der Waals surface area contributed by atoms with Gasteiger partial charge in [0.05, 0.1) is 6.04 Å². The van der Waals surface area contributed by atoms with Crippen molar-refractivity contribution in [1.82, 2.24) is 0 Å². The first-order valence-electron chi connectivity index (χ1n) is 5.60. The number of ketones is 1. The molecule has 15 heavy (non-hydrogen) atoms. The maximum Gasteiger partial charge on any atom is 0.179 e. The van der Waals surface area contributed by atoms with Crippen LogP contribution >= 0.6 is 0 Å². The molecule has 1 rings (SSSR count). The summed E-state index contributed by atoms with van der Waals surface area (Å²) in [6.07, 6.45) is 4.14. The van der Waals surface area contributed by atoms with Gasteiger partial charge in [-0.3, -0.25) is 4.79 Å². The number of carbonyl (C=O) groups excluding carboxylic acids is 1. The Morgan fingerprint density at radius 2 is 1.93 bits per heavy atom. The largest absolute Gasteiger partial charge is 0.321 e. The lowest BCUT2D eigenvalue weighted by Gasteiger charge is -2.09. The van der Waals surface area contributed by atoms with Crippen molar-refractivity contribution < 1.29 is 4.79 Å². The van der Waals surface area contributed by atoms with Crippen molar-refractivity contribution in [2.45, 2.75) is 38.6 Å². The van der Waals surface area contributed by atoms with Gasteiger partial charge in [-0.15, -0.1) is 0 Å². The zero-order valence-electron chi connectivity index (χ0n) is 9.28. The summed E-state index contributed by atoms with van der Waals surface area (Å²) in [7, 11) is 0. The average Bonchev–Trinajstić information content (AvgIpc) is 2.29. The van der Waals surface area contributed by atoms with Gasteiger partial charge < -0.3 is 5.73 Å². The molecule has 0 amide bonds. The van der Waals surface area contributed by atoms with Gasteiger partial charge in [0.15, 0.2) is 5.78 Å². The summed E-state index contributed by atoms with van der Waals surface area (Å²) < 4.78 is 0. The molecular formula is C13H19NO. The zero-order chi connectivity index (χ0) is 11.1. The van der Waals surface area contributed by atoms with Crippen molar-refractivity contribution in [2.24, 2.45) is 5.73 Å². The lowest BCUT2D eigenvalue weighted by Crippen LogP contribution is -2.30. The van der Waals surface area contributed by atoms with Crippen LogP contribution in [0, 0.1) is 0 Å². The highest BCUT2D eigenvalue weighted by atomic mass is 16.1. The van der Waals surface area contributed by atoms with Crippen LogP contribution in [0.25, 0.3) is 0 Å². The van der Waals surface area contributed by atoms with Crippen LogP contribution in [-0.2, 0) is 0 Å². The summed E-state index contributed by atoms with van der Waals surface area (Å²) in [4.78, 5) is 11.8. The predicted molar refractivity (Wildman–Crippen MR) is 62.9 cm³/mol. The summed E-state index contributed by atoms with van der Waals surface area (Å²) >= 11 is 0. The highest BCUT2D eigenvalue weighted by Crippen LogP contribution is 2.08. The fourth-order valence-corrected chi connectivity index (χ4v) is 1.56. The van der Waals surface area contributed by atoms with Crippen LogP contribution in [0.1, 0.15) is 43.0 Å². The van der Waals surface area contributed by atoms with Gasteiger partial charge in [0.2, 0.25) is 0 Å². The second kappa shape index (κ2) is 6.36. The molecule has 0 aromatic heterocycles. The maximum atomic E-state index is 11.8. The summed E-state index contributed by atoms with van der Waals surface area (Å²) in [5, 5.41) is 0. The lowest BCUT2D eigenvalue weighted by atomic mass is 10.00. The normalized spacial score (nSPS) is 12.4. The molecule has 2 nitrogen and oxygen atoms in total. The Hall–Kier alpha value is -1.15. The molecule has 2 heteroatoms. The topological polar surface area (TPSA) is 43.1 Å². The van der Waals surface area contributed by atoms with E-state index in [9.17, 15) is 4.79 Å². The van der Waals surface area contributed by atoms with Crippen molar-refractivity contribution in [3.8, 4) is 0 Å². The number of rotatable bonds is 6. The van der Waals surface area contributed by atoms with Crippen molar-refractivity contribution in [1.29, 1.82) is 0 Å². The van der Waals surface area contributed by atoms with Crippen molar-refractivity contribution >= 4 is 5.78 Å². The van der Waals surface area contributed by atoms with Crippen molar-refractivity contribution in [3.05, 3.63) is 35.9 Å². The summed E-state index contributed by atoms with van der Waals surface area (Å²) in [5.74, 6) is 0.0618. The highest BCUT2D eigenvalue weighted by molar-refractivity contribution is 5.99. The van der Waals surface area contributed by atoms with E-state index in [1.54, 1.807) is 0 Å². The van der Waals surface area contributed by atoms with Gasteiger partial charge in [-0.1, -0.05) is 56.5 Å². The van der Waals surface area contributed by atoms with E-state index in [1.165, 1.54) is 0 Å². The van der Waals surface area contributed by atoms with Gasteiger partial charge in [0, 0.05) is 5.56 Å². The van der Waals surface area contributed by atoms with Crippen LogP contribution < -0.4 is 5.73 Å². The van der Waals surface area contributed by atoms with E-state index in [0.29, 0.717) is 0 Å². The van der Waals surface area contributed by atoms with Crippen LogP contribution in [-0.4, -0.2) is 11.8 Å². The molecule has 0 spiro atoms. The molecule has 1 atom stereocenters. The molecule has 0 aliphatic heterocycles. The smallest absolute Gasteiger partial charge is 0.179 e. The molecule has 2 N–H and O–H groups in total. The number of hydrogen-bond donors (Lipinski definition) is 1. The zero-order valence-corrected chi connectivity index (χ0v) is 9.28. The van der Waals surface area contributed by atoms with E-state index in [2.05, 4.69) is 6.92 Å². The SMILES string of the molecule is CCCCC[C@H](N)C(=O)c1ccccc1. The van der Waals surface area contributed by atoms with Crippen molar-refractivity contribution in [3.63, 3.8) is 0 Å². The molecule has 0 heterocycles. The first-order valence-corrected chi connectivity index (χ1v) is 5.60. The number of Topliss-reactive ketones (excluding diaryl/α,β-unsaturated/α-hetero) is 1. The van der Waals surface area contributed by atoms with Crippen LogP contribution in [0.2, 0.25) is 0 Å². The first kappa shape index (κ1) is 11.9. The van der Waals surface area contributed by atoms with Gasteiger partial charge in [-0.25, -0.2) is 0 Å². The summed E-state index contributed by atoms with van der Waals surface area (Å²) in [6.45, 7) is 2.14. The Labute approximate surface area is 91.5 Å². The second-order valence-electron chi connectivity index (χ2n) is 3.83. The fraction of sp³-hybridized carbons (Fsp3) is 0.462. The first-order chi connectivity index (χ1) is 7.25. The van der Waals surface area contributed by atoms with Crippen LogP contribution in [0.4, 0.5) is 0 Å². The van der Waals surface area contributed by atoms with E-state index < -0.39 is 0 Å². The van der Waals surface area contributed by atoms with Crippen LogP contribution in [0.3, 0.4) is 0 Å². The minimum absolute atomic E-state index is 0.0618.